The highest BCUT2D eigenvalue weighted by Crippen LogP contribution is 2.25. The summed E-state index contributed by atoms with van der Waals surface area (Å²) in [5.41, 5.74) is 4.03. The predicted molar refractivity (Wildman–Crippen MR) is 130 cm³/mol. The molecule has 31 heavy (non-hydrogen) atoms. The molecule has 0 aliphatic rings. The summed E-state index contributed by atoms with van der Waals surface area (Å²) in [4.78, 5) is 0. The second kappa shape index (κ2) is 9.51. The van der Waals surface area contributed by atoms with Crippen molar-refractivity contribution in [2.24, 2.45) is 0 Å². The highest BCUT2D eigenvalue weighted by atomic mass is 35.5. The maximum atomic E-state index is 6.24. The van der Waals surface area contributed by atoms with E-state index in [2.05, 4.69) is 39.9 Å². The third kappa shape index (κ3) is 5.44. The van der Waals surface area contributed by atoms with Crippen molar-refractivity contribution in [1.82, 2.24) is 19.6 Å². The molecule has 0 saturated carbocycles. The minimum absolute atomic E-state index is 0.427. The molecule has 0 amide bonds. The molecule has 2 heterocycles. The van der Waals surface area contributed by atoms with Gasteiger partial charge in [-0.3, -0.25) is 9.36 Å². The molecule has 0 bridgehead atoms. The largest absolute Gasteiger partial charge is 0.330 e. The molecule has 4 aromatic rings. The number of aromatic nitrogens is 4. The Balaban J connectivity index is 1.35. The highest BCUT2D eigenvalue weighted by Gasteiger charge is 2.09. The van der Waals surface area contributed by atoms with Gasteiger partial charge < -0.3 is 10.6 Å². The van der Waals surface area contributed by atoms with E-state index in [-0.39, 0.29) is 0 Å². The lowest BCUT2D eigenvalue weighted by atomic mass is 10.1. The van der Waals surface area contributed by atoms with E-state index in [9.17, 15) is 0 Å². The van der Waals surface area contributed by atoms with E-state index < -0.39 is 0 Å². The first-order chi connectivity index (χ1) is 15.0. The minimum atomic E-state index is 0.427. The Morgan fingerprint density at radius 3 is 2.52 bits per heavy atom. The van der Waals surface area contributed by atoms with Crippen molar-refractivity contribution in [3.8, 4) is 0 Å². The molecule has 9 heteroatoms. The van der Waals surface area contributed by atoms with Gasteiger partial charge in [-0.2, -0.15) is 10.2 Å². The van der Waals surface area contributed by atoms with E-state index in [4.69, 9.17) is 35.4 Å². The summed E-state index contributed by atoms with van der Waals surface area (Å²) >= 11 is 17.9. The maximum Gasteiger partial charge on any atom is 0.176 e. The predicted octanol–water partition coefficient (Wildman–Crippen LogP) is 5.60. The Morgan fingerprint density at radius 2 is 1.74 bits per heavy atom. The number of hydrogen-bond donors (Lipinski definition) is 2. The summed E-state index contributed by atoms with van der Waals surface area (Å²) in [6.07, 6.45) is 5.45. The van der Waals surface area contributed by atoms with Crippen molar-refractivity contribution in [2.45, 2.75) is 20.0 Å². The van der Waals surface area contributed by atoms with E-state index in [1.165, 1.54) is 11.1 Å². The normalized spacial score (nSPS) is 10.8. The highest BCUT2D eigenvalue weighted by molar-refractivity contribution is 7.80. The van der Waals surface area contributed by atoms with Gasteiger partial charge in [0.1, 0.15) is 0 Å². The Labute approximate surface area is 195 Å². The van der Waals surface area contributed by atoms with Crippen molar-refractivity contribution < 1.29 is 0 Å². The molecule has 0 spiro atoms. The van der Waals surface area contributed by atoms with Gasteiger partial charge in [-0.1, -0.05) is 53.5 Å². The van der Waals surface area contributed by atoms with Crippen LogP contribution in [0.4, 0.5) is 11.5 Å². The average molecular weight is 471 g/mol. The number of hydrogen-bond acceptors (Lipinski definition) is 3. The third-order valence-corrected chi connectivity index (χ3v) is 5.66. The fourth-order valence-corrected chi connectivity index (χ4v) is 3.86. The molecule has 2 aromatic heterocycles. The first-order valence-corrected chi connectivity index (χ1v) is 10.8. The zero-order chi connectivity index (χ0) is 21.8. The number of aryl methyl sites for hydroxylation is 1. The molecule has 0 aliphatic heterocycles. The second-order valence-electron chi connectivity index (χ2n) is 7.03. The summed E-state index contributed by atoms with van der Waals surface area (Å²) in [5.74, 6) is 0.668. The number of anilines is 2. The molecule has 0 aliphatic carbocycles. The molecule has 2 aromatic carbocycles. The zero-order valence-electron chi connectivity index (χ0n) is 16.7. The summed E-state index contributed by atoms with van der Waals surface area (Å²) in [7, 11) is 0. The number of rotatable bonds is 6. The van der Waals surface area contributed by atoms with E-state index in [0.29, 0.717) is 34.1 Å². The van der Waals surface area contributed by atoms with Crippen molar-refractivity contribution in [3.63, 3.8) is 0 Å². The standard InChI is InChI=1S/C22H20Cl2N6S/c1-15-5-2-3-6-16(15)12-29-10-9-21(28-29)27-22(31)26-17-11-25-30(13-17)14-18-19(23)7-4-8-20(18)24/h2-11,13H,12,14H2,1H3,(H2,26,27,28,31). The molecule has 6 nitrogen and oxygen atoms in total. The maximum absolute atomic E-state index is 6.24. The van der Waals surface area contributed by atoms with Crippen LogP contribution in [0.25, 0.3) is 0 Å². The third-order valence-electron chi connectivity index (χ3n) is 4.75. The van der Waals surface area contributed by atoms with Crippen LogP contribution in [0, 0.1) is 6.92 Å². The van der Waals surface area contributed by atoms with Crippen LogP contribution < -0.4 is 10.6 Å². The van der Waals surface area contributed by atoms with Crippen LogP contribution in [0.15, 0.2) is 67.1 Å². The first kappa shape index (κ1) is 21.4. The lowest BCUT2D eigenvalue weighted by Crippen LogP contribution is -2.19. The molecule has 0 unspecified atom stereocenters. The minimum Gasteiger partial charge on any atom is -0.330 e. The van der Waals surface area contributed by atoms with Gasteiger partial charge in [-0.15, -0.1) is 0 Å². The number of nitrogens with one attached hydrogen (secondary N) is 2. The Bertz CT molecular complexity index is 1200. The van der Waals surface area contributed by atoms with Crippen molar-refractivity contribution >= 4 is 52.0 Å². The zero-order valence-corrected chi connectivity index (χ0v) is 19.0. The summed E-state index contributed by atoms with van der Waals surface area (Å²) in [6, 6.07) is 15.6. The number of thiocarbonyl (C=S) groups is 1. The van der Waals surface area contributed by atoms with Crippen LogP contribution >= 0.6 is 35.4 Å². The Kier molecular flexibility index (Phi) is 6.56. The van der Waals surface area contributed by atoms with Gasteiger partial charge in [0.2, 0.25) is 0 Å². The Hall–Kier alpha value is -2.87. The number of nitrogens with zero attached hydrogens (tertiary/aromatic N) is 4. The Morgan fingerprint density at radius 1 is 0.968 bits per heavy atom. The van der Waals surface area contributed by atoms with E-state index in [1.807, 2.05) is 53.5 Å². The summed E-state index contributed by atoms with van der Waals surface area (Å²) < 4.78 is 3.62. The molecule has 158 valence electrons. The van der Waals surface area contributed by atoms with Gasteiger partial charge in [0, 0.05) is 34.1 Å². The van der Waals surface area contributed by atoms with Crippen molar-refractivity contribution in [2.75, 3.05) is 10.6 Å². The van der Waals surface area contributed by atoms with Crippen LogP contribution in [0.1, 0.15) is 16.7 Å². The van der Waals surface area contributed by atoms with Crippen LogP contribution in [0.5, 0.6) is 0 Å². The molecule has 0 atom stereocenters. The molecular weight excluding hydrogens is 451 g/mol. The fraction of sp³-hybridized carbons (Fsp3) is 0.136. The van der Waals surface area contributed by atoms with E-state index in [1.54, 1.807) is 10.9 Å². The van der Waals surface area contributed by atoms with Crippen molar-refractivity contribution in [1.29, 1.82) is 0 Å². The summed E-state index contributed by atoms with van der Waals surface area (Å²) in [5, 5.41) is 16.7. The van der Waals surface area contributed by atoms with Gasteiger partial charge in [0.25, 0.3) is 0 Å². The lowest BCUT2D eigenvalue weighted by Gasteiger charge is -2.08. The molecule has 4 rings (SSSR count). The second-order valence-corrected chi connectivity index (χ2v) is 8.25. The first-order valence-electron chi connectivity index (χ1n) is 9.59. The van der Waals surface area contributed by atoms with Crippen LogP contribution in [-0.2, 0) is 13.1 Å². The van der Waals surface area contributed by atoms with Crippen LogP contribution in [-0.4, -0.2) is 24.7 Å². The van der Waals surface area contributed by atoms with Gasteiger partial charge in [0.15, 0.2) is 10.9 Å². The molecule has 0 fully saturated rings. The topological polar surface area (TPSA) is 59.7 Å². The number of benzene rings is 2. The fourth-order valence-electron chi connectivity index (χ4n) is 3.12. The van der Waals surface area contributed by atoms with E-state index in [0.717, 1.165) is 11.3 Å². The van der Waals surface area contributed by atoms with Crippen molar-refractivity contribution in [3.05, 3.63) is 93.9 Å². The monoisotopic (exact) mass is 470 g/mol. The van der Waals surface area contributed by atoms with Gasteiger partial charge in [-0.05, 0) is 42.4 Å². The van der Waals surface area contributed by atoms with Gasteiger partial charge >= 0.3 is 0 Å². The summed E-state index contributed by atoms with van der Waals surface area (Å²) in [6.45, 7) is 3.26. The lowest BCUT2D eigenvalue weighted by molar-refractivity contribution is 0.687. The molecule has 0 radical (unpaired) electrons. The smallest absolute Gasteiger partial charge is 0.176 e. The van der Waals surface area contributed by atoms with Crippen LogP contribution in [0.2, 0.25) is 10.0 Å². The SMILES string of the molecule is Cc1ccccc1Cn1ccc(NC(=S)Nc2cnn(Cc3c(Cl)cccc3Cl)c2)n1. The molecule has 0 saturated heterocycles. The van der Waals surface area contributed by atoms with Gasteiger partial charge in [0.05, 0.1) is 25.0 Å². The molecular formula is C22H20Cl2N6S. The quantitative estimate of drug-likeness (QED) is 0.359. The molecule has 2 N–H and O–H groups in total. The van der Waals surface area contributed by atoms with E-state index >= 15 is 0 Å². The number of halogens is 2. The average Bonchev–Trinajstić information content (AvgIpc) is 3.36. The van der Waals surface area contributed by atoms with Crippen LogP contribution in [0.3, 0.4) is 0 Å². The van der Waals surface area contributed by atoms with Gasteiger partial charge in [-0.25, -0.2) is 0 Å².